The highest BCUT2D eigenvalue weighted by molar-refractivity contribution is 5.95. The largest absolute Gasteiger partial charge is 0.550 e. The molecule has 1 aromatic rings. The van der Waals surface area contributed by atoms with Gasteiger partial charge in [0.2, 0.25) is 5.91 Å². The first-order valence-corrected chi connectivity index (χ1v) is 6.56. The molecule has 0 saturated carbocycles. The number of carboxylic acids is 1. The molecule has 0 fully saturated rings. The Kier molecular flexibility index (Phi) is 4.47. The van der Waals surface area contributed by atoms with Crippen molar-refractivity contribution in [3.63, 3.8) is 0 Å². The van der Waals surface area contributed by atoms with Crippen LogP contribution in [0.1, 0.15) is 12.8 Å². The summed E-state index contributed by atoms with van der Waals surface area (Å²) in [7, 11) is 1.42. The molecule has 0 radical (unpaired) electrons. The van der Waals surface area contributed by atoms with Crippen LogP contribution >= 0.6 is 0 Å². The van der Waals surface area contributed by atoms with Gasteiger partial charge in [-0.15, -0.1) is 0 Å². The monoisotopic (exact) mass is 290 g/mol. The number of anilines is 1. The Bertz CT molecular complexity index is 581. The van der Waals surface area contributed by atoms with Crippen molar-refractivity contribution in [3.05, 3.63) is 30.4 Å². The molecule has 0 aliphatic heterocycles. The molecule has 21 heavy (non-hydrogen) atoms. The van der Waals surface area contributed by atoms with Crippen LogP contribution in [0.3, 0.4) is 0 Å². The third-order valence-electron chi connectivity index (χ3n) is 3.52. The average Bonchev–Trinajstić information content (AvgIpc) is 2.47. The standard InChI is InChI=1S/C15H17NO5/c1-21-13-7-6-9(8-12(13)17)16-14(18)10-4-2-3-5-11(10)15(19)20/h2-3,6-8,10-11,17H,4-5H2,1H3,(H,16,18)(H,19,20)/p-1/t10-,11-/m1/s1. The van der Waals surface area contributed by atoms with E-state index >= 15 is 0 Å². The third kappa shape index (κ3) is 3.34. The van der Waals surface area contributed by atoms with Crippen LogP contribution in [0.5, 0.6) is 11.5 Å². The number of carbonyl (C=O) groups is 2. The summed E-state index contributed by atoms with van der Waals surface area (Å²) < 4.78 is 4.91. The summed E-state index contributed by atoms with van der Waals surface area (Å²) in [5.41, 5.74) is 0.380. The van der Waals surface area contributed by atoms with Gasteiger partial charge in [-0.1, -0.05) is 12.2 Å². The second kappa shape index (κ2) is 6.30. The minimum absolute atomic E-state index is 0.102. The number of aromatic hydroxyl groups is 1. The second-order valence-corrected chi connectivity index (χ2v) is 4.85. The lowest BCUT2D eigenvalue weighted by molar-refractivity contribution is -0.313. The summed E-state index contributed by atoms with van der Waals surface area (Å²) in [4.78, 5) is 23.3. The minimum Gasteiger partial charge on any atom is -0.550 e. The highest BCUT2D eigenvalue weighted by Crippen LogP contribution is 2.30. The molecule has 2 rings (SSSR count). The van der Waals surface area contributed by atoms with Crippen molar-refractivity contribution in [2.75, 3.05) is 12.4 Å². The highest BCUT2D eigenvalue weighted by Gasteiger charge is 2.29. The number of carbonyl (C=O) groups excluding carboxylic acids is 2. The van der Waals surface area contributed by atoms with Crippen LogP contribution in [0.25, 0.3) is 0 Å². The first kappa shape index (κ1) is 14.9. The van der Waals surface area contributed by atoms with E-state index in [9.17, 15) is 19.8 Å². The third-order valence-corrected chi connectivity index (χ3v) is 3.52. The predicted molar refractivity (Wildman–Crippen MR) is 73.6 cm³/mol. The summed E-state index contributed by atoms with van der Waals surface area (Å²) in [5.74, 6) is -2.95. The Balaban J connectivity index is 2.11. The van der Waals surface area contributed by atoms with Crippen LogP contribution in [0.15, 0.2) is 30.4 Å². The summed E-state index contributed by atoms with van der Waals surface area (Å²) in [5, 5.41) is 23.4. The number of hydrogen-bond donors (Lipinski definition) is 2. The number of phenolic OH excluding ortho intramolecular Hbond substituents is 1. The quantitative estimate of drug-likeness (QED) is 0.794. The molecule has 1 aliphatic rings. The molecule has 1 aliphatic carbocycles. The molecule has 2 atom stereocenters. The molecule has 0 spiro atoms. The maximum Gasteiger partial charge on any atom is 0.228 e. The first-order chi connectivity index (χ1) is 10.0. The van der Waals surface area contributed by atoms with Crippen LogP contribution in [0.4, 0.5) is 5.69 Å². The molecule has 2 N–H and O–H groups in total. The smallest absolute Gasteiger partial charge is 0.228 e. The Morgan fingerprint density at radius 2 is 1.95 bits per heavy atom. The SMILES string of the molecule is COc1ccc(NC(=O)[C@@H]2CC=CC[C@H]2C(=O)[O-])cc1O. The van der Waals surface area contributed by atoms with Crippen LogP contribution in [0, 0.1) is 11.8 Å². The van der Waals surface area contributed by atoms with E-state index in [0.29, 0.717) is 17.9 Å². The van der Waals surface area contributed by atoms with Gasteiger partial charge < -0.3 is 25.1 Å². The van der Waals surface area contributed by atoms with Crippen LogP contribution in [0.2, 0.25) is 0 Å². The molecule has 0 unspecified atom stereocenters. The number of carboxylic acid groups (broad SMARTS) is 1. The van der Waals surface area contributed by atoms with Crippen LogP contribution in [-0.2, 0) is 9.59 Å². The summed E-state index contributed by atoms with van der Waals surface area (Å²) in [6.07, 6.45) is 4.17. The Labute approximate surface area is 122 Å². The number of rotatable bonds is 4. The number of ether oxygens (including phenoxy) is 1. The average molecular weight is 290 g/mol. The molecular weight excluding hydrogens is 274 g/mol. The van der Waals surface area contributed by atoms with Crippen LogP contribution < -0.4 is 15.2 Å². The van der Waals surface area contributed by atoms with Crippen molar-refractivity contribution in [1.29, 1.82) is 0 Å². The number of phenols is 1. The van der Waals surface area contributed by atoms with Gasteiger partial charge in [-0.25, -0.2) is 0 Å². The lowest BCUT2D eigenvalue weighted by atomic mass is 9.82. The minimum atomic E-state index is -1.22. The molecule has 6 nitrogen and oxygen atoms in total. The maximum atomic E-state index is 12.2. The Hall–Kier alpha value is -2.50. The van der Waals surface area contributed by atoms with Crippen molar-refractivity contribution < 1.29 is 24.5 Å². The van der Waals surface area contributed by atoms with E-state index in [4.69, 9.17) is 4.74 Å². The normalized spacial score (nSPS) is 20.8. The Morgan fingerprint density at radius 3 is 2.52 bits per heavy atom. The van der Waals surface area contributed by atoms with E-state index in [2.05, 4.69) is 5.32 Å². The first-order valence-electron chi connectivity index (χ1n) is 6.56. The number of nitrogens with one attached hydrogen (secondary N) is 1. The topological polar surface area (TPSA) is 98.7 Å². The van der Waals surface area contributed by atoms with Gasteiger partial charge >= 0.3 is 0 Å². The Morgan fingerprint density at radius 1 is 1.29 bits per heavy atom. The van der Waals surface area contributed by atoms with Gasteiger partial charge in [-0.05, 0) is 25.0 Å². The van der Waals surface area contributed by atoms with Crippen molar-refractivity contribution in [1.82, 2.24) is 0 Å². The molecule has 0 saturated heterocycles. The number of aliphatic carboxylic acids is 1. The molecule has 0 heterocycles. The highest BCUT2D eigenvalue weighted by atomic mass is 16.5. The van der Waals surface area contributed by atoms with Crippen molar-refractivity contribution in [2.45, 2.75) is 12.8 Å². The van der Waals surface area contributed by atoms with Gasteiger partial charge in [0.15, 0.2) is 11.5 Å². The number of benzene rings is 1. The number of allylic oxidation sites excluding steroid dienone is 2. The zero-order chi connectivity index (χ0) is 15.4. The number of hydrogen-bond acceptors (Lipinski definition) is 5. The fourth-order valence-corrected chi connectivity index (χ4v) is 2.37. The summed E-state index contributed by atoms with van der Waals surface area (Å²) >= 11 is 0. The van der Waals surface area contributed by atoms with E-state index in [-0.39, 0.29) is 12.2 Å². The fourth-order valence-electron chi connectivity index (χ4n) is 2.37. The summed E-state index contributed by atoms with van der Waals surface area (Å²) in [6.45, 7) is 0. The van der Waals surface area contributed by atoms with Crippen LogP contribution in [-0.4, -0.2) is 24.1 Å². The van der Waals surface area contributed by atoms with Crippen molar-refractivity contribution in [3.8, 4) is 11.5 Å². The zero-order valence-electron chi connectivity index (χ0n) is 11.5. The van der Waals surface area contributed by atoms with E-state index in [1.54, 1.807) is 18.2 Å². The fraction of sp³-hybridized carbons (Fsp3) is 0.333. The molecule has 0 aromatic heterocycles. The maximum absolute atomic E-state index is 12.2. The van der Waals surface area contributed by atoms with E-state index in [1.165, 1.54) is 19.2 Å². The van der Waals surface area contributed by atoms with Crippen molar-refractivity contribution in [2.24, 2.45) is 11.8 Å². The summed E-state index contributed by atoms with van der Waals surface area (Å²) in [6, 6.07) is 4.44. The lowest BCUT2D eigenvalue weighted by Gasteiger charge is -2.28. The van der Waals surface area contributed by atoms with E-state index < -0.39 is 23.7 Å². The molecule has 112 valence electrons. The van der Waals surface area contributed by atoms with Gasteiger partial charge in [0.1, 0.15) is 0 Å². The van der Waals surface area contributed by atoms with Gasteiger partial charge in [0.25, 0.3) is 0 Å². The van der Waals surface area contributed by atoms with Gasteiger partial charge in [0.05, 0.1) is 13.0 Å². The van der Waals surface area contributed by atoms with E-state index in [0.717, 1.165) is 0 Å². The lowest BCUT2D eigenvalue weighted by Crippen LogP contribution is -2.41. The van der Waals surface area contributed by atoms with Gasteiger partial charge in [0, 0.05) is 23.6 Å². The number of amides is 1. The molecule has 6 heteroatoms. The molecular formula is C15H16NO5-. The van der Waals surface area contributed by atoms with E-state index in [1.807, 2.05) is 0 Å². The molecule has 1 aromatic carbocycles. The zero-order valence-corrected chi connectivity index (χ0v) is 11.5. The van der Waals surface area contributed by atoms with Crippen molar-refractivity contribution >= 4 is 17.6 Å². The van der Waals surface area contributed by atoms with Gasteiger partial charge in [-0.3, -0.25) is 4.79 Å². The second-order valence-electron chi connectivity index (χ2n) is 4.85. The number of methoxy groups -OCH3 is 1. The molecule has 1 amide bonds. The predicted octanol–water partition coefficient (Wildman–Crippen LogP) is 0.672. The van der Waals surface area contributed by atoms with Gasteiger partial charge in [-0.2, -0.15) is 0 Å². The molecule has 0 bridgehead atoms.